The van der Waals surface area contributed by atoms with Gasteiger partial charge in [-0.15, -0.1) is 0 Å². The monoisotopic (exact) mass is 470 g/mol. The molecule has 2 aliphatic rings. The average Bonchev–Trinajstić information content (AvgIpc) is 3.44. The zero-order chi connectivity index (χ0) is 24.9. The maximum atomic E-state index is 12.4. The summed E-state index contributed by atoms with van der Waals surface area (Å²) in [6, 6.07) is 0. The van der Waals surface area contributed by atoms with Crippen LogP contribution in [0.1, 0.15) is 61.3 Å². The second-order valence-electron chi connectivity index (χ2n) is 10.6. The normalized spacial score (nSPS) is 27.0. The predicted molar refractivity (Wildman–Crippen MR) is 124 cm³/mol. The summed E-state index contributed by atoms with van der Waals surface area (Å²) in [5.41, 5.74) is -0.231. The highest BCUT2D eigenvalue weighted by Crippen LogP contribution is 2.52. The lowest BCUT2D eigenvalue weighted by Gasteiger charge is -2.47. The van der Waals surface area contributed by atoms with Gasteiger partial charge >= 0.3 is 12.2 Å². The predicted octanol–water partition coefficient (Wildman–Crippen LogP) is 3.56. The molecule has 0 aromatic rings. The third-order valence-electron chi connectivity index (χ3n) is 5.92. The van der Waals surface area contributed by atoms with Gasteiger partial charge in [0, 0.05) is 26.1 Å². The number of rotatable bonds is 9. The van der Waals surface area contributed by atoms with E-state index >= 15 is 0 Å². The number of ether oxygens (including phenoxy) is 5. The first-order valence-corrected chi connectivity index (χ1v) is 11.6. The Morgan fingerprint density at radius 1 is 1.09 bits per heavy atom. The van der Waals surface area contributed by atoms with Crippen molar-refractivity contribution >= 4 is 12.2 Å². The SMILES string of the molecule is CO[C@H]1[C@H](C(C)(C)OCC=C(C)C)[C@]2(CC[C@H]1OC(=O)NCCNC(=O)OC(C)(C)C)CO2. The summed E-state index contributed by atoms with van der Waals surface area (Å²) < 4.78 is 28.9. The summed E-state index contributed by atoms with van der Waals surface area (Å²) in [6.07, 6.45) is 1.57. The van der Waals surface area contributed by atoms with E-state index in [-0.39, 0.29) is 30.7 Å². The number of carbonyl (C=O) groups is 2. The minimum atomic E-state index is -0.574. The molecule has 2 fully saturated rings. The van der Waals surface area contributed by atoms with Crippen LogP contribution in [-0.2, 0) is 23.7 Å². The highest BCUT2D eigenvalue weighted by molar-refractivity contribution is 5.69. The number of nitrogens with one attached hydrogen (secondary N) is 2. The van der Waals surface area contributed by atoms with E-state index in [9.17, 15) is 9.59 Å². The maximum absolute atomic E-state index is 12.4. The van der Waals surface area contributed by atoms with Crippen LogP contribution in [0.3, 0.4) is 0 Å². The standard InChI is InChI=1S/C24H42N2O7/c1-16(2)10-14-30-23(6,7)19-18(29-8)17(9-11-24(19)15-31-24)32-20(27)25-12-13-26-21(28)33-22(3,4)5/h10,17-19H,9,11-15H2,1-8H3,(H,25,27)(H,26,28)/t17-,18-,19-,24+/m1/s1. The first kappa shape index (κ1) is 27.4. The number of epoxide rings is 1. The lowest BCUT2D eigenvalue weighted by atomic mass is 9.68. The van der Waals surface area contributed by atoms with Crippen LogP contribution in [0.25, 0.3) is 0 Å². The zero-order valence-electron chi connectivity index (χ0n) is 21.4. The van der Waals surface area contributed by atoms with Crippen molar-refractivity contribution in [3.8, 4) is 0 Å². The second-order valence-corrected chi connectivity index (χ2v) is 10.6. The van der Waals surface area contributed by atoms with E-state index in [1.54, 1.807) is 27.9 Å². The molecule has 1 aliphatic carbocycles. The van der Waals surface area contributed by atoms with E-state index in [0.29, 0.717) is 19.6 Å². The fraction of sp³-hybridized carbons (Fsp3) is 0.833. The average molecular weight is 471 g/mol. The molecule has 1 spiro atoms. The molecular formula is C24H42N2O7. The zero-order valence-corrected chi connectivity index (χ0v) is 21.4. The van der Waals surface area contributed by atoms with Crippen molar-refractivity contribution in [1.29, 1.82) is 0 Å². The lowest BCUT2D eigenvalue weighted by Crippen LogP contribution is -2.59. The van der Waals surface area contributed by atoms with Crippen LogP contribution in [0.5, 0.6) is 0 Å². The molecule has 0 unspecified atom stereocenters. The van der Waals surface area contributed by atoms with Gasteiger partial charge in [0.2, 0.25) is 0 Å². The first-order valence-electron chi connectivity index (χ1n) is 11.6. The molecule has 2 N–H and O–H groups in total. The number of hydrogen-bond acceptors (Lipinski definition) is 7. The molecule has 2 amide bonds. The molecule has 33 heavy (non-hydrogen) atoms. The van der Waals surface area contributed by atoms with Crippen molar-refractivity contribution in [2.75, 3.05) is 33.4 Å². The molecule has 0 radical (unpaired) electrons. The van der Waals surface area contributed by atoms with E-state index in [1.165, 1.54) is 5.57 Å². The van der Waals surface area contributed by atoms with Gasteiger partial charge in [-0.05, 0) is 61.3 Å². The van der Waals surface area contributed by atoms with Gasteiger partial charge in [0.1, 0.15) is 17.8 Å². The summed E-state index contributed by atoms with van der Waals surface area (Å²) >= 11 is 0. The Kier molecular flexibility index (Phi) is 9.18. The number of hydrogen-bond donors (Lipinski definition) is 2. The van der Waals surface area contributed by atoms with Gasteiger partial charge in [-0.25, -0.2) is 9.59 Å². The first-order chi connectivity index (χ1) is 15.3. The smallest absolute Gasteiger partial charge is 0.407 e. The Balaban J connectivity index is 1.91. The second kappa shape index (κ2) is 11.1. The van der Waals surface area contributed by atoms with Crippen LogP contribution in [0.2, 0.25) is 0 Å². The van der Waals surface area contributed by atoms with E-state index < -0.39 is 29.5 Å². The van der Waals surface area contributed by atoms with Gasteiger partial charge in [0.25, 0.3) is 0 Å². The third kappa shape index (κ3) is 8.15. The van der Waals surface area contributed by atoms with Crippen molar-refractivity contribution in [3.05, 3.63) is 11.6 Å². The highest BCUT2D eigenvalue weighted by Gasteiger charge is 2.64. The Morgan fingerprint density at radius 3 is 2.21 bits per heavy atom. The molecule has 0 bridgehead atoms. The summed E-state index contributed by atoms with van der Waals surface area (Å²) in [6.45, 7) is 15.1. The van der Waals surface area contributed by atoms with Crippen molar-refractivity contribution in [2.45, 2.75) is 90.3 Å². The molecule has 4 atom stereocenters. The summed E-state index contributed by atoms with van der Waals surface area (Å²) in [4.78, 5) is 24.1. The molecule has 9 nitrogen and oxygen atoms in total. The van der Waals surface area contributed by atoms with Crippen molar-refractivity contribution in [1.82, 2.24) is 10.6 Å². The largest absolute Gasteiger partial charge is 0.444 e. The van der Waals surface area contributed by atoms with Gasteiger partial charge < -0.3 is 34.3 Å². The summed E-state index contributed by atoms with van der Waals surface area (Å²) in [5.74, 6) is -0.0963. The number of allylic oxidation sites excluding steroid dienone is 1. The van der Waals surface area contributed by atoms with E-state index in [4.69, 9.17) is 23.7 Å². The fourth-order valence-corrected chi connectivity index (χ4v) is 4.42. The van der Waals surface area contributed by atoms with E-state index in [0.717, 1.165) is 6.42 Å². The van der Waals surface area contributed by atoms with Crippen molar-refractivity contribution in [3.63, 3.8) is 0 Å². The van der Waals surface area contributed by atoms with Crippen molar-refractivity contribution < 1.29 is 33.3 Å². The lowest BCUT2D eigenvalue weighted by molar-refractivity contribution is -0.172. The summed E-state index contributed by atoms with van der Waals surface area (Å²) in [7, 11) is 1.63. The molecule has 2 rings (SSSR count). The molecule has 9 heteroatoms. The molecule has 1 saturated heterocycles. The van der Waals surface area contributed by atoms with Crippen LogP contribution in [-0.4, -0.2) is 74.6 Å². The number of carbonyl (C=O) groups excluding carboxylic acids is 2. The van der Waals surface area contributed by atoms with E-state index in [2.05, 4.69) is 10.6 Å². The van der Waals surface area contributed by atoms with Gasteiger partial charge in [-0.2, -0.15) is 0 Å². The molecule has 0 aromatic carbocycles. The van der Waals surface area contributed by atoms with Gasteiger partial charge in [-0.1, -0.05) is 11.6 Å². The van der Waals surface area contributed by atoms with Crippen LogP contribution < -0.4 is 10.6 Å². The Hall–Kier alpha value is -1.84. The Morgan fingerprint density at radius 2 is 1.70 bits per heavy atom. The van der Waals surface area contributed by atoms with Crippen molar-refractivity contribution in [2.24, 2.45) is 5.92 Å². The maximum Gasteiger partial charge on any atom is 0.407 e. The van der Waals surface area contributed by atoms with Crippen LogP contribution in [0.4, 0.5) is 9.59 Å². The van der Waals surface area contributed by atoms with Gasteiger partial charge in [0.05, 0.1) is 24.4 Å². The van der Waals surface area contributed by atoms with Crippen LogP contribution in [0, 0.1) is 5.92 Å². The quantitative estimate of drug-likeness (QED) is 0.301. The topological polar surface area (TPSA) is 108 Å². The molecule has 1 saturated carbocycles. The molecular weight excluding hydrogens is 428 g/mol. The Labute approximate surface area is 197 Å². The van der Waals surface area contributed by atoms with Crippen LogP contribution in [0.15, 0.2) is 11.6 Å². The highest BCUT2D eigenvalue weighted by atomic mass is 16.6. The number of amides is 2. The molecule has 1 heterocycles. The van der Waals surface area contributed by atoms with E-state index in [1.807, 2.05) is 33.8 Å². The Bertz CT molecular complexity index is 706. The van der Waals surface area contributed by atoms with Gasteiger partial charge in [-0.3, -0.25) is 0 Å². The molecule has 0 aromatic heterocycles. The minimum absolute atomic E-state index is 0.0963. The number of methoxy groups -OCH3 is 1. The molecule has 190 valence electrons. The summed E-state index contributed by atoms with van der Waals surface area (Å²) in [5, 5.41) is 5.27. The van der Waals surface area contributed by atoms with Crippen LogP contribution >= 0.6 is 0 Å². The fourth-order valence-electron chi connectivity index (χ4n) is 4.42. The van der Waals surface area contributed by atoms with Gasteiger partial charge in [0.15, 0.2) is 0 Å². The minimum Gasteiger partial charge on any atom is -0.444 e. The molecule has 1 aliphatic heterocycles. The third-order valence-corrected chi connectivity index (χ3v) is 5.92. The number of alkyl carbamates (subject to hydrolysis) is 2.